The summed E-state index contributed by atoms with van der Waals surface area (Å²) in [5.74, 6) is 1.98. The summed E-state index contributed by atoms with van der Waals surface area (Å²) in [5, 5.41) is 10.5. The monoisotopic (exact) mass is 772 g/mol. The van der Waals surface area contributed by atoms with E-state index in [0.717, 1.165) is 9.13 Å². The molecule has 5 rings (SSSR count). The van der Waals surface area contributed by atoms with E-state index in [2.05, 4.69) is 43.8 Å². The maximum atomic E-state index is 12.8. The Labute approximate surface area is 290 Å². The van der Waals surface area contributed by atoms with Gasteiger partial charge in [-0.15, -0.1) is 0 Å². The van der Waals surface area contributed by atoms with Crippen molar-refractivity contribution in [1.29, 1.82) is 0 Å². The number of fused-ring (bicyclic) bond motifs is 1. The minimum Gasteiger partial charge on any atom is -0.490 e. The molecule has 0 saturated carbocycles. The van der Waals surface area contributed by atoms with Crippen LogP contribution in [0.15, 0.2) is 71.0 Å². The van der Waals surface area contributed by atoms with Gasteiger partial charge in [0.1, 0.15) is 12.4 Å². The average Bonchev–Trinajstić information content (AvgIpc) is 3.51. The molecule has 0 saturated heterocycles. The van der Waals surface area contributed by atoms with Crippen molar-refractivity contribution >= 4 is 58.0 Å². The highest BCUT2D eigenvalue weighted by Crippen LogP contribution is 2.37. The first kappa shape index (κ1) is 33.8. The first-order chi connectivity index (χ1) is 22.8. The van der Waals surface area contributed by atoms with Gasteiger partial charge in [0, 0.05) is 11.3 Å². The normalized spacial score (nSPS) is 15.1. The van der Waals surface area contributed by atoms with Gasteiger partial charge < -0.3 is 39.1 Å². The predicted molar refractivity (Wildman–Crippen MR) is 186 cm³/mol. The molecule has 0 aliphatic carbocycles. The number of thiocarbonyl (C=S) groups is 1. The number of para-hydroxylation sites is 1. The molecule has 0 radical (unpaired) electrons. The number of nitrogens with zero attached hydrogens (tertiary/aromatic N) is 1. The molecule has 0 aromatic heterocycles. The summed E-state index contributed by atoms with van der Waals surface area (Å²) in [7, 11) is 0. The maximum Gasteiger partial charge on any atom is 0.338 e. The third-order valence-corrected chi connectivity index (χ3v) is 7.93. The second-order valence-corrected chi connectivity index (χ2v) is 11.7. The van der Waals surface area contributed by atoms with Crippen LogP contribution in [-0.2, 0) is 20.9 Å². The SMILES string of the molecule is CCOC(=O)C1=C(C)NC(=S)N[C@H]1c1ccccc1OCC(=O)NN=Cc1cc(I)c(OCc2ccc3c(c2)OCO3)c(OCC)c1. The lowest BCUT2D eigenvalue weighted by Gasteiger charge is -2.30. The quantitative estimate of drug-likeness (QED) is 0.0721. The fraction of sp³-hybridized carbons (Fsp3) is 0.273. The van der Waals surface area contributed by atoms with E-state index in [1.54, 1.807) is 38.1 Å². The van der Waals surface area contributed by atoms with Gasteiger partial charge in [-0.2, -0.15) is 5.10 Å². The van der Waals surface area contributed by atoms with E-state index in [1.165, 1.54) is 6.21 Å². The van der Waals surface area contributed by atoms with Gasteiger partial charge in [-0.05, 0) is 97.0 Å². The molecule has 2 heterocycles. The van der Waals surface area contributed by atoms with Crippen LogP contribution in [0.1, 0.15) is 43.5 Å². The molecular weight excluding hydrogens is 739 g/mol. The van der Waals surface area contributed by atoms with E-state index in [-0.39, 0.29) is 20.0 Å². The number of hydrazone groups is 1. The molecule has 0 fully saturated rings. The molecule has 1 amide bonds. The van der Waals surface area contributed by atoms with Crippen LogP contribution in [0.3, 0.4) is 0 Å². The van der Waals surface area contributed by atoms with Crippen molar-refractivity contribution in [3.05, 3.63) is 86.1 Å². The van der Waals surface area contributed by atoms with Crippen molar-refractivity contribution in [2.45, 2.75) is 33.4 Å². The standard InChI is InChI=1S/C33H33IN4O8S/c1-4-41-27-14-21(12-23(34)31(27)44-16-20-10-11-25-26(13-20)46-18-45-25)15-35-38-28(39)17-43-24-9-7-6-8-22(24)30-29(32(40)42-5-2)19(3)36-33(47)37-30/h6-15,30H,4-5,16-18H2,1-3H3,(H,38,39)(H2,36,37,47)/t30-/m0/s1. The third-order valence-electron chi connectivity index (χ3n) is 6.91. The minimum absolute atomic E-state index is 0.207. The molecular formula is C33H33IN4O8S. The van der Waals surface area contributed by atoms with Gasteiger partial charge in [0.25, 0.3) is 5.91 Å². The largest absolute Gasteiger partial charge is 0.490 e. The third kappa shape index (κ3) is 8.43. The van der Waals surface area contributed by atoms with Crippen molar-refractivity contribution in [3.8, 4) is 28.7 Å². The fourth-order valence-electron chi connectivity index (χ4n) is 4.86. The summed E-state index contributed by atoms with van der Waals surface area (Å²) in [6.07, 6.45) is 1.51. The smallest absolute Gasteiger partial charge is 0.338 e. The summed E-state index contributed by atoms with van der Waals surface area (Å²) in [6.45, 7) is 6.22. The zero-order valence-electron chi connectivity index (χ0n) is 25.9. The average molecular weight is 773 g/mol. The van der Waals surface area contributed by atoms with Gasteiger partial charge in [-0.1, -0.05) is 24.3 Å². The second-order valence-electron chi connectivity index (χ2n) is 10.1. The number of esters is 1. The van der Waals surface area contributed by atoms with Crippen LogP contribution in [0.2, 0.25) is 0 Å². The predicted octanol–water partition coefficient (Wildman–Crippen LogP) is 4.88. The lowest BCUT2D eigenvalue weighted by Crippen LogP contribution is -2.45. The number of nitrogens with one attached hydrogen (secondary N) is 3. The van der Waals surface area contributed by atoms with Gasteiger partial charge in [0.2, 0.25) is 6.79 Å². The number of rotatable bonds is 13. The number of amides is 1. The highest BCUT2D eigenvalue weighted by molar-refractivity contribution is 14.1. The van der Waals surface area contributed by atoms with Crippen LogP contribution < -0.4 is 39.7 Å². The second kappa shape index (κ2) is 15.8. The molecule has 3 N–H and O–H groups in total. The lowest BCUT2D eigenvalue weighted by atomic mass is 9.95. The first-order valence-corrected chi connectivity index (χ1v) is 16.2. The van der Waals surface area contributed by atoms with Gasteiger partial charge >= 0.3 is 5.97 Å². The summed E-state index contributed by atoms with van der Waals surface area (Å²) < 4.78 is 34.8. The first-order valence-electron chi connectivity index (χ1n) is 14.7. The van der Waals surface area contributed by atoms with Gasteiger partial charge in [-0.25, -0.2) is 10.2 Å². The summed E-state index contributed by atoms with van der Waals surface area (Å²) >= 11 is 7.51. The molecule has 2 aliphatic rings. The van der Waals surface area contributed by atoms with Crippen molar-refractivity contribution in [2.75, 3.05) is 26.6 Å². The van der Waals surface area contributed by atoms with Crippen molar-refractivity contribution < 1.29 is 38.0 Å². The summed E-state index contributed by atoms with van der Waals surface area (Å²) in [5.41, 5.74) is 5.67. The van der Waals surface area contributed by atoms with Crippen LogP contribution in [-0.4, -0.2) is 49.8 Å². The van der Waals surface area contributed by atoms with E-state index >= 15 is 0 Å². The van der Waals surface area contributed by atoms with E-state index < -0.39 is 17.9 Å². The Kier molecular flexibility index (Phi) is 11.4. The molecule has 47 heavy (non-hydrogen) atoms. The molecule has 1 atom stereocenters. The number of halogens is 1. The number of benzene rings is 3. The zero-order valence-corrected chi connectivity index (χ0v) is 28.9. The Hall–Kier alpha value is -4.57. The van der Waals surface area contributed by atoms with E-state index in [4.69, 9.17) is 40.6 Å². The zero-order chi connectivity index (χ0) is 33.3. The Bertz CT molecular complexity index is 1730. The van der Waals surface area contributed by atoms with Crippen LogP contribution in [0.4, 0.5) is 0 Å². The molecule has 14 heteroatoms. The Morgan fingerprint density at radius 2 is 1.85 bits per heavy atom. The fourth-order valence-corrected chi connectivity index (χ4v) is 5.92. The van der Waals surface area contributed by atoms with Crippen molar-refractivity contribution in [2.24, 2.45) is 5.10 Å². The molecule has 0 bridgehead atoms. The minimum atomic E-state index is -0.633. The molecule has 0 unspecified atom stereocenters. The van der Waals surface area contributed by atoms with Gasteiger partial charge in [0.15, 0.2) is 34.7 Å². The topological polar surface area (TPSA) is 138 Å². The van der Waals surface area contributed by atoms with E-state index in [0.29, 0.717) is 69.5 Å². The molecule has 3 aromatic rings. The number of ether oxygens (including phenoxy) is 6. The Balaban J connectivity index is 1.22. The van der Waals surface area contributed by atoms with Crippen LogP contribution in [0.25, 0.3) is 0 Å². The van der Waals surface area contributed by atoms with Crippen LogP contribution >= 0.6 is 34.8 Å². The Morgan fingerprint density at radius 1 is 1.04 bits per heavy atom. The number of carbonyl (C=O) groups excluding carboxylic acids is 2. The molecule has 3 aromatic carbocycles. The van der Waals surface area contributed by atoms with Gasteiger partial charge in [0.05, 0.1) is 34.6 Å². The lowest BCUT2D eigenvalue weighted by molar-refractivity contribution is -0.139. The number of hydrogen-bond donors (Lipinski definition) is 3. The number of hydrogen-bond acceptors (Lipinski definition) is 10. The van der Waals surface area contributed by atoms with E-state index in [1.807, 2.05) is 37.3 Å². The highest BCUT2D eigenvalue weighted by Gasteiger charge is 2.32. The van der Waals surface area contributed by atoms with E-state index in [9.17, 15) is 9.59 Å². The number of carbonyl (C=O) groups is 2. The number of allylic oxidation sites excluding steroid dienone is 1. The molecule has 0 spiro atoms. The van der Waals surface area contributed by atoms with Crippen molar-refractivity contribution in [1.82, 2.24) is 16.1 Å². The molecule has 2 aliphatic heterocycles. The summed E-state index contributed by atoms with van der Waals surface area (Å²) in [6, 6.07) is 15.8. The molecule has 12 nitrogen and oxygen atoms in total. The van der Waals surface area contributed by atoms with Crippen molar-refractivity contribution in [3.63, 3.8) is 0 Å². The Morgan fingerprint density at radius 3 is 2.66 bits per heavy atom. The van der Waals surface area contributed by atoms with Crippen LogP contribution in [0.5, 0.6) is 28.7 Å². The van der Waals surface area contributed by atoms with Crippen LogP contribution in [0, 0.1) is 3.57 Å². The summed E-state index contributed by atoms with van der Waals surface area (Å²) in [4.78, 5) is 25.5. The van der Waals surface area contributed by atoms with Gasteiger partial charge in [-0.3, -0.25) is 4.79 Å². The highest BCUT2D eigenvalue weighted by atomic mass is 127. The molecule has 246 valence electrons. The maximum absolute atomic E-state index is 12.8.